The van der Waals surface area contributed by atoms with E-state index >= 15 is 0 Å². The Kier molecular flexibility index (Phi) is 4.33. The number of anilines is 1. The molecule has 0 saturated heterocycles. The van der Waals surface area contributed by atoms with Crippen molar-refractivity contribution in [3.05, 3.63) is 77.8 Å². The first-order valence-corrected chi connectivity index (χ1v) is 9.97. The van der Waals surface area contributed by atoms with Crippen molar-refractivity contribution >= 4 is 38.1 Å². The fraction of sp³-hybridized carbons (Fsp3) is 0.0526. The molecule has 0 aliphatic heterocycles. The van der Waals surface area contributed by atoms with Crippen LogP contribution in [-0.2, 0) is 10.0 Å². The van der Waals surface area contributed by atoms with Crippen LogP contribution in [0.1, 0.15) is 5.56 Å². The predicted octanol–water partition coefficient (Wildman–Crippen LogP) is 4.18. The zero-order chi connectivity index (χ0) is 19.0. The van der Waals surface area contributed by atoms with Crippen LogP contribution in [0.4, 0.5) is 5.69 Å². The number of aromatic nitrogens is 3. The van der Waals surface area contributed by atoms with Gasteiger partial charge in [-0.2, -0.15) is 8.42 Å². The zero-order valence-electron chi connectivity index (χ0n) is 14.3. The van der Waals surface area contributed by atoms with Gasteiger partial charge < -0.3 is 0 Å². The molecule has 0 radical (unpaired) electrons. The Morgan fingerprint density at radius 2 is 1.85 bits per heavy atom. The molecule has 0 aliphatic carbocycles. The number of nitrogens with zero attached hydrogens (tertiary/aromatic N) is 3. The van der Waals surface area contributed by atoms with Crippen LogP contribution in [0.5, 0.6) is 0 Å². The van der Waals surface area contributed by atoms with Crippen LogP contribution in [0.25, 0.3) is 16.6 Å². The van der Waals surface area contributed by atoms with Gasteiger partial charge in [-0.15, -0.1) is 0 Å². The molecule has 0 unspecified atom stereocenters. The van der Waals surface area contributed by atoms with Gasteiger partial charge in [-0.05, 0) is 30.0 Å². The van der Waals surface area contributed by atoms with Crippen molar-refractivity contribution in [1.29, 1.82) is 0 Å². The molecule has 6 nitrogen and oxygen atoms in total. The average Bonchev–Trinajstić information content (AvgIpc) is 3.12. The molecule has 136 valence electrons. The number of pyridine rings is 1. The van der Waals surface area contributed by atoms with Crippen LogP contribution in [0, 0.1) is 6.92 Å². The third-order valence-corrected chi connectivity index (χ3v) is 5.72. The van der Waals surface area contributed by atoms with E-state index in [1.165, 1.54) is 17.1 Å². The fourth-order valence-corrected chi connectivity index (χ4v) is 4.33. The standard InChI is InChI=1S/C19H15ClN4O2S/c1-13-9-16(20)19(22-10-13)24-12-21-11-18(24)27(25,26)23-17-8-4-6-14-5-2-3-7-15(14)17/h2-12,23H,1H3. The van der Waals surface area contributed by atoms with Gasteiger partial charge in [0.05, 0.1) is 16.9 Å². The lowest BCUT2D eigenvalue weighted by molar-refractivity contribution is 0.594. The smallest absolute Gasteiger partial charge is 0.278 e. The molecule has 8 heteroatoms. The maximum Gasteiger partial charge on any atom is 0.279 e. The van der Waals surface area contributed by atoms with Gasteiger partial charge in [0.15, 0.2) is 10.8 Å². The second-order valence-electron chi connectivity index (χ2n) is 6.05. The largest absolute Gasteiger partial charge is 0.279 e. The molecule has 0 spiro atoms. The number of hydrogen-bond donors (Lipinski definition) is 1. The van der Waals surface area contributed by atoms with Crippen LogP contribution in [0.2, 0.25) is 5.02 Å². The predicted molar refractivity (Wildman–Crippen MR) is 106 cm³/mol. The molecule has 27 heavy (non-hydrogen) atoms. The number of hydrogen-bond acceptors (Lipinski definition) is 4. The van der Waals surface area contributed by atoms with Crippen molar-refractivity contribution in [3.8, 4) is 5.82 Å². The molecular weight excluding hydrogens is 384 g/mol. The topological polar surface area (TPSA) is 76.9 Å². The van der Waals surface area contributed by atoms with Crippen LogP contribution in [-0.4, -0.2) is 23.0 Å². The van der Waals surface area contributed by atoms with Crippen molar-refractivity contribution in [3.63, 3.8) is 0 Å². The molecule has 0 amide bonds. The van der Waals surface area contributed by atoms with Gasteiger partial charge >= 0.3 is 0 Å². The Morgan fingerprint density at radius 3 is 2.67 bits per heavy atom. The lowest BCUT2D eigenvalue weighted by Crippen LogP contribution is -2.17. The molecule has 2 aromatic heterocycles. The van der Waals surface area contributed by atoms with Gasteiger partial charge in [0, 0.05) is 11.6 Å². The number of halogens is 1. The number of sulfonamides is 1. The summed E-state index contributed by atoms with van der Waals surface area (Å²) < 4.78 is 30.1. The Morgan fingerprint density at radius 1 is 1.07 bits per heavy atom. The van der Waals surface area contributed by atoms with Crippen molar-refractivity contribution < 1.29 is 8.42 Å². The number of fused-ring (bicyclic) bond motifs is 1. The summed E-state index contributed by atoms with van der Waals surface area (Å²) >= 11 is 6.25. The van der Waals surface area contributed by atoms with Gasteiger partial charge in [-0.1, -0.05) is 48.0 Å². The van der Waals surface area contributed by atoms with E-state index in [0.29, 0.717) is 16.5 Å². The first-order chi connectivity index (χ1) is 13.0. The molecule has 4 aromatic rings. The van der Waals surface area contributed by atoms with Gasteiger partial charge in [-0.25, -0.2) is 9.97 Å². The van der Waals surface area contributed by atoms with E-state index in [-0.39, 0.29) is 5.03 Å². The Balaban J connectivity index is 1.79. The molecule has 0 saturated carbocycles. The number of nitrogens with one attached hydrogen (secondary N) is 1. The van der Waals surface area contributed by atoms with Crippen molar-refractivity contribution in [2.45, 2.75) is 11.9 Å². The fourth-order valence-electron chi connectivity index (χ4n) is 2.86. The van der Waals surface area contributed by atoms with Crippen LogP contribution < -0.4 is 4.72 Å². The third-order valence-electron chi connectivity index (χ3n) is 4.10. The second-order valence-corrected chi connectivity index (χ2v) is 8.09. The van der Waals surface area contributed by atoms with Crippen molar-refractivity contribution in [2.75, 3.05) is 4.72 Å². The molecule has 0 fully saturated rings. The maximum atomic E-state index is 13.0. The number of rotatable bonds is 4. The molecule has 4 rings (SSSR count). The van der Waals surface area contributed by atoms with Gasteiger partial charge in [0.25, 0.3) is 10.0 Å². The number of imidazole rings is 1. The van der Waals surface area contributed by atoms with E-state index in [0.717, 1.165) is 16.3 Å². The van der Waals surface area contributed by atoms with Gasteiger partial charge in [-0.3, -0.25) is 9.29 Å². The van der Waals surface area contributed by atoms with Gasteiger partial charge in [0.1, 0.15) is 6.33 Å². The molecule has 0 bridgehead atoms. The number of aryl methyl sites for hydroxylation is 1. The summed E-state index contributed by atoms with van der Waals surface area (Å²) in [6.45, 7) is 1.86. The van der Waals surface area contributed by atoms with Crippen LogP contribution >= 0.6 is 11.6 Å². The summed E-state index contributed by atoms with van der Waals surface area (Å²) in [5.41, 5.74) is 1.37. The molecule has 0 atom stereocenters. The molecule has 1 N–H and O–H groups in total. The highest BCUT2D eigenvalue weighted by atomic mass is 35.5. The van der Waals surface area contributed by atoms with Crippen LogP contribution in [0.15, 0.2) is 72.3 Å². The molecule has 2 aromatic carbocycles. The highest BCUT2D eigenvalue weighted by Crippen LogP contribution is 2.27. The minimum atomic E-state index is -3.92. The van der Waals surface area contributed by atoms with Crippen molar-refractivity contribution in [1.82, 2.24) is 14.5 Å². The van der Waals surface area contributed by atoms with E-state index in [9.17, 15) is 8.42 Å². The summed E-state index contributed by atoms with van der Waals surface area (Å²) in [4.78, 5) is 8.23. The van der Waals surface area contributed by atoms with Crippen molar-refractivity contribution in [2.24, 2.45) is 0 Å². The molecule has 2 heterocycles. The SMILES string of the molecule is Cc1cnc(-n2cncc2S(=O)(=O)Nc2cccc3ccccc23)c(Cl)c1. The highest BCUT2D eigenvalue weighted by molar-refractivity contribution is 7.92. The summed E-state index contributed by atoms with van der Waals surface area (Å²) in [5, 5.41) is 2.04. The quantitative estimate of drug-likeness (QED) is 0.559. The van der Waals surface area contributed by atoms with E-state index in [1.807, 2.05) is 37.3 Å². The summed E-state index contributed by atoms with van der Waals surface area (Å²) in [7, 11) is -3.92. The Labute approximate surface area is 161 Å². The monoisotopic (exact) mass is 398 g/mol. The molecule has 0 aliphatic rings. The van der Waals surface area contributed by atoms with E-state index in [4.69, 9.17) is 11.6 Å². The minimum Gasteiger partial charge on any atom is -0.278 e. The second kappa shape index (κ2) is 6.68. The lowest BCUT2D eigenvalue weighted by Gasteiger charge is -2.13. The lowest BCUT2D eigenvalue weighted by atomic mass is 10.1. The first-order valence-electron chi connectivity index (χ1n) is 8.11. The number of benzene rings is 2. The van der Waals surface area contributed by atoms with E-state index in [2.05, 4.69) is 14.7 Å². The molecular formula is C19H15ClN4O2S. The normalized spacial score (nSPS) is 11.6. The van der Waals surface area contributed by atoms with Gasteiger partial charge in [0.2, 0.25) is 0 Å². The third kappa shape index (κ3) is 3.27. The highest BCUT2D eigenvalue weighted by Gasteiger charge is 2.22. The Hall–Kier alpha value is -2.90. The first kappa shape index (κ1) is 17.5. The maximum absolute atomic E-state index is 13.0. The summed E-state index contributed by atoms with van der Waals surface area (Å²) in [6, 6.07) is 14.7. The summed E-state index contributed by atoms with van der Waals surface area (Å²) in [5.74, 6) is 0.304. The minimum absolute atomic E-state index is 0.0475. The average molecular weight is 399 g/mol. The van der Waals surface area contributed by atoms with E-state index < -0.39 is 10.0 Å². The van der Waals surface area contributed by atoms with E-state index in [1.54, 1.807) is 24.4 Å². The summed E-state index contributed by atoms with van der Waals surface area (Å²) in [6.07, 6.45) is 4.27. The van der Waals surface area contributed by atoms with Crippen LogP contribution in [0.3, 0.4) is 0 Å². The Bertz CT molecular complexity index is 1250. The zero-order valence-corrected chi connectivity index (χ0v) is 15.9.